The Bertz CT molecular complexity index is 1030. The fraction of sp³-hybridized carbons (Fsp3) is 0.320. The highest BCUT2D eigenvalue weighted by Gasteiger charge is 2.18. The van der Waals surface area contributed by atoms with Crippen molar-refractivity contribution in [3.63, 3.8) is 0 Å². The van der Waals surface area contributed by atoms with E-state index in [2.05, 4.69) is 5.16 Å². The Kier molecular flexibility index (Phi) is 9.41. The lowest BCUT2D eigenvalue weighted by atomic mass is 10.1. The molecule has 33 heavy (non-hydrogen) atoms. The summed E-state index contributed by atoms with van der Waals surface area (Å²) in [4.78, 5) is 21.4. The van der Waals surface area contributed by atoms with E-state index in [1.807, 2.05) is 54.8 Å². The van der Waals surface area contributed by atoms with Gasteiger partial charge in [0.25, 0.3) is 0 Å². The molecule has 1 unspecified atom stereocenters. The lowest BCUT2D eigenvalue weighted by molar-refractivity contribution is -0.149. The van der Waals surface area contributed by atoms with Crippen molar-refractivity contribution in [3.05, 3.63) is 71.2 Å². The predicted molar refractivity (Wildman–Crippen MR) is 129 cm³/mol. The average Bonchev–Trinajstić information content (AvgIpc) is 3.32. The van der Waals surface area contributed by atoms with Gasteiger partial charge in [-0.2, -0.15) is 0 Å². The number of carboxylic acids is 1. The first-order valence-electron chi connectivity index (χ1n) is 10.9. The van der Waals surface area contributed by atoms with Crippen molar-refractivity contribution < 1.29 is 24.2 Å². The average molecular weight is 469 g/mol. The number of thiazole rings is 1. The number of nitrogens with zero attached hydrogens (tertiary/aromatic N) is 2. The Hall–Kier alpha value is -3.23. The van der Waals surface area contributed by atoms with Crippen LogP contribution >= 0.6 is 11.3 Å². The third-order valence-electron chi connectivity index (χ3n) is 4.65. The number of hydrogen-bond donors (Lipinski definition) is 1. The van der Waals surface area contributed by atoms with Crippen LogP contribution in [0.4, 0.5) is 0 Å². The monoisotopic (exact) mass is 468 g/mol. The largest absolute Gasteiger partial charge is 0.487 e. The van der Waals surface area contributed by atoms with E-state index in [1.54, 1.807) is 30.4 Å². The minimum absolute atomic E-state index is 0.192. The van der Waals surface area contributed by atoms with E-state index >= 15 is 0 Å². The van der Waals surface area contributed by atoms with Crippen LogP contribution < -0.4 is 4.74 Å². The standard InChI is InChI=1S/C25H28N2O5S/c1-3-14-32-27-21(22-17-33-24(26-22)19-8-6-5-7-9-19)16-31-20-12-10-18(11-13-20)15-23(25(28)29)30-4-2/h5-13,17,23H,3-4,14-16H2,1-2H3,(H,28,29)/b27-21+. The summed E-state index contributed by atoms with van der Waals surface area (Å²) in [5.74, 6) is -0.327. The fourth-order valence-corrected chi connectivity index (χ4v) is 3.82. The van der Waals surface area contributed by atoms with Gasteiger partial charge < -0.3 is 19.4 Å². The Morgan fingerprint density at radius 1 is 1.12 bits per heavy atom. The molecule has 0 fully saturated rings. The molecule has 1 aromatic heterocycles. The number of aliphatic carboxylic acids is 1. The van der Waals surface area contributed by atoms with Crippen LogP contribution in [0.25, 0.3) is 10.6 Å². The van der Waals surface area contributed by atoms with Crippen LogP contribution in [0.2, 0.25) is 0 Å². The summed E-state index contributed by atoms with van der Waals surface area (Å²) >= 11 is 1.54. The topological polar surface area (TPSA) is 90.2 Å². The molecule has 1 N–H and O–H groups in total. The van der Waals surface area contributed by atoms with Crippen LogP contribution in [0.5, 0.6) is 5.75 Å². The molecular weight excluding hydrogens is 440 g/mol. The van der Waals surface area contributed by atoms with E-state index < -0.39 is 12.1 Å². The molecule has 0 saturated carbocycles. The smallest absolute Gasteiger partial charge is 0.333 e. The molecule has 0 spiro atoms. The molecule has 8 heteroatoms. The highest BCUT2D eigenvalue weighted by molar-refractivity contribution is 7.13. The van der Waals surface area contributed by atoms with Gasteiger partial charge >= 0.3 is 5.97 Å². The van der Waals surface area contributed by atoms with Gasteiger partial charge in [-0.05, 0) is 31.0 Å². The maximum Gasteiger partial charge on any atom is 0.333 e. The summed E-state index contributed by atoms with van der Waals surface area (Å²) in [6.45, 7) is 4.85. The molecule has 0 aliphatic carbocycles. The second kappa shape index (κ2) is 12.7. The van der Waals surface area contributed by atoms with E-state index in [1.165, 1.54) is 0 Å². The molecule has 3 aromatic rings. The summed E-state index contributed by atoms with van der Waals surface area (Å²) in [6, 6.07) is 17.3. The zero-order valence-corrected chi connectivity index (χ0v) is 19.6. The number of benzene rings is 2. The van der Waals surface area contributed by atoms with Crippen LogP contribution in [0.3, 0.4) is 0 Å². The molecule has 0 radical (unpaired) electrons. The first-order chi connectivity index (χ1) is 16.1. The van der Waals surface area contributed by atoms with Crippen molar-refractivity contribution in [2.75, 3.05) is 19.8 Å². The van der Waals surface area contributed by atoms with Crippen LogP contribution in [0, 0.1) is 0 Å². The van der Waals surface area contributed by atoms with E-state index in [9.17, 15) is 9.90 Å². The van der Waals surface area contributed by atoms with E-state index in [4.69, 9.17) is 19.3 Å². The number of carbonyl (C=O) groups is 1. The number of rotatable bonds is 13. The second-order valence-electron chi connectivity index (χ2n) is 7.19. The van der Waals surface area contributed by atoms with E-state index in [-0.39, 0.29) is 6.61 Å². The molecule has 1 heterocycles. The van der Waals surface area contributed by atoms with Crippen molar-refractivity contribution >= 4 is 23.0 Å². The predicted octanol–water partition coefficient (Wildman–Crippen LogP) is 5.05. The molecule has 1 atom stereocenters. The molecular formula is C25H28N2O5S. The van der Waals surface area contributed by atoms with Crippen molar-refractivity contribution in [2.45, 2.75) is 32.8 Å². The van der Waals surface area contributed by atoms with Gasteiger partial charge in [-0.3, -0.25) is 0 Å². The molecule has 0 saturated heterocycles. The van der Waals surface area contributed by atoms with Crippen LogP contribution in [0.15, 0.2) is 65.1 Å². The minimum atomic E-state index is -0.969. The third kappa shape index (κ3) is 7.40. The third-order valence-corrected chi connectivity index (χ3v) is 5.55. The minimum Gasteiger partial charge on any atom is -0.487 e. The first-order valence-corrected chi connectivity index (χ1v) is 11.7. The number of hydrogen-bond acceptors (Lipinski definition) is 7. The number of oxime groups is 1. The Morgan fingerprint density at radius 2 is 1.88 bits per heavy atom. The summed E-state index contributed by atoms with van der Waals surface area (Å²) in [6.07, 6.45) is 0.284. The number of aromatic nitrogens is 1. The van der Waals surface area contributed by atoms with Crippen LogP contribution in [0.1, 0.15) is 31.5 Å². The zero-order valence-electron chi connectivity index (χ0n) is 18.8. The molecule has 2 aromatic carbocycles. The van der Waals surface area contributed by atoms with E-state index in [0.29, 0.717) is 36.8 Å². The summed E-state index contributed by atoms with van der Waals surface area (Å²) in [5, 5.41) is 16.4. The lowest BCUT2D eigenvalue weighted by Gasteiger charge is -2.13. The van der Waals surface area contributed by atoms with Crippen LogP contribution in [-0.2, 0) is 20.8 Å². The molecule has 174 valence electrons. The Balaban J connectivity index is 1.67. The highest BCUT2D eigenvalue weighted by atomic mass is 32.1. The van der Waals surface area contributed by atoms with Crippen LogP contribution in [-0.4, -0.2) is 47.7 Å². The normalized spacial score (nSPS) is 12.4. The van der Waals surface area contributed by atoms with E-state index in [0.717, 1.165) is 22.6 Å². The van der Waals surface area contributed by atoms with Crippen molar-refractivity contribution in [1.82, 2.24) is 4.98 Å². The number of ether oxygens (including phenoxy) is 2. The van der Waals surface area contributed by atoms with Gasteiger partial charge in [-0.25, -0.2) is 9.78 Å². The summed E-state index contributed by atoms with van der Waals surface area (Å²) in [7, 11) is 0. The number of carboxylic acid groups (broad SMARTS) is 1. The van der Waals surface area contributed by atoms with Gasteiger partial charge in [-0.1, -0.05) is 54.5 Å². The van der Waals surface area contributed by atoms with Gasteiger partial charge in [0.2, 0.25) is 0 Å². The van der Waals surface area contributed by atoms with Gasteiger partial charge in [0, 0.05) is 24.0 Å². The van der Waals surface area contributed by atoms with Crippen molar-refractivity contribution in [1.29, 1.82) is 0 Å². The Morgan fingerprint density at radius 3 is 2.55 bits per heavy atom. The zero-order chi connectivity index (χ0) is 23.5. The maximum atomic E-state index is 11.3. The molecule has 0 aliphatic rings. The summed E-state index contributed by atoms with van der Waals surface area (Å²) in [5.41, 5.74) is 3.22. The second-order valence-corrected chi connectivity index (χ2v) is 8.05. The molecule has 3 rings (SSSR count). The van der Waals surface area contributed by atoms with Crippen molar-refractivity contribution in [3.8, 4) is 16.3 Å². The molecule has 0 amide bonds. The molecule has 0 bridgehead atoms. The highest BCUT2D eigenvalue weighted by Crippen LogP contribution is 2.24. The van der Waals surface area contributed by atoms with Crippen molar-refractivity contribution in [2.24, 2.45) is 5.16 Å². The molecule has 7 nitrogen and oxygen atoms in total. The van der Waals surface area contributed by atoms with Gasteiger partial charge in [0.1, 0.15) is 35.4 Å². The van der Waals surface area contributed by atoms with Gasteiger partial charge in [0.05, 0.1) is 0 Å². The fourth-order valence-electron chi connectivity index (χ4n) is 2.99. The summed E-state index contributed by atoms with van der Waals surface area (Å²) < 4.78 is 11.2. The van der Waals surface area contributed by atoms with Gasteiger partial charge in [0.15, 0.2) is 6.10 Å². The quantitative estimate of drug-likeness (QED) is 0.214. The first kappa shape index (κ1) is 24.4. The molecule has 0 aliphatic heterocycles. The van der Waals surface area contributed by atoms with Gasteiger partial charge in [-0.15, -0.1) is 11.3 Å². The lowest BCUT2D eigenvalue weighted by Crippen LogP contribution is -2.26. The maximum absolute atomic E-state index is 11.3. The SMILES string of the molecule is CCCO/N=C(\COc1ccc(CC(OCC)C(=O)O)cc1)c1csc(-c2ccccc2)n1. The Labute approximate surface area is 197 Å².